The summed E-state index contributed by atoms with van der Waals surface area (Å²) >= 11 is 15.9. The number of nitrogens with two attached hydrogens (primary N) is 6. The van der Waals surface area contributed by atoms with Gasteiger partial charge in [-0.15, -0.1) is 0 Å². The normalized spacial score (nSPS) is 38.3. The number of phosphoric ester groups is 3. The van der Waals surface area contributed by atoms with Crippen LogP contribution in [0, 0.1) is 0 Å². The van der Waals surface area contributed by atoms with E-state index >= 15 is 8.78 Å². The number of rotatable bonds is 6. The van der Waals surface area contributed by atoms with Crippen LogP contribution in [0.5, 0.6) is 0 Å². The van der Waals surface area contributed by atoms with Crippen molar-refractivity contribution in [3.05, 3.63) is 112 Å². The fraction of sp³-hybridized carbons (Fsp3) is 0.485. The van der Waals surface area contributed by atoms with Crippen LogP contribution in [0.15, 0.2) is 95.1 Å². The quantitative estimate of drug-likeness (QED) is 0.101. The number of anilines is 6. The highest BCUT2D eigenvalue weighted by atomic mass is 32.5. The van der Waals surface area contributed by atoms with Crippen molar-refractivity contribution in [1.82, 2.24) is 97.2 Å². The molecule has 135 heavy (non-hydrogen) atoms. The predicted molar refractivity (Wildman–Crippen MR) is 459 cm³/mol. The van der Waals surface area contributed by atoms with E-state index in [1.54, 1.807) is 41.2 Å². The maximum Gasteiger partial charge on any atom is 0.472 e. The molecular formula is C66H74F2N26O32P6S3. The van der Waals surface area contributed by atoms with Gasteiger partial charge in [0.2, 0.25) is 17.8 Å². The lowest BCUT2D eigenvalue weighted by Crippen LogP contribution is -2.45. The van der Waals surface area contributed by atoms with Gasteiger partial charge in [0.1, 0.15) is 101 Å². The second kappa shape index (κ2) is 34.3. The average Bonchev–Trinajstić information content (AvgIpc) is 1.56. The van der Waals surface area contributed by atoms with Crippen molar-refractivity contribution in [3.63, 3.8) is 0 Å². The number of nitrogens with zero attached hydrogens (tertiary/aromatic N) is 17. The summed E-state index contributed by atoms with van der Waals surface area (Å²) in [5.41, 5.74) is 32.9. The molecule has 0 amide bonds. The number of nitrogens with one attached hydrogen (secondary N) is 3. The van der Waals surface area contributed by atoms with Crippen LogP contribution in [0.1, 0.15) is 50.2 Å². The summed E-state index contributed by atoms with van der Waals surface area (Å²) in [7, 11) is -14.6. The Labute approximate surface area is 764 Å². The maximum atomic E-state index is 15.9. The second-order valence-electron chi connectivity index (χ2n) is 32.1. The second-order valence-corrected chi connectivity index (χ2v) is 44.7. The molecule has 21 N–H and O–H groups in total. The molecule has 58 nitrogen and oxygen atoms in total. The third-order valence-electron chi connectivity index (χ3n) is 23.6. The Hall–Kier alpha value is -8.76. The van der Waals surface area contributed by atoms with Crippen LogP contribution in [-0.2, 0) is 141 Å². The molecule has 23 heterocycles. The third kappa shape index (κ3) is 17.1. The summed E-state index contributed by atoms with van der Waals surface area (Å²) in [6.45, 7) is -16.6. The minimum absolute atomic E-state index is 0.00840. The van der Waals surface area contributed by atoms with Gasteiger partial charge in [-0.05, 0) is 59.7 Å². The van der Waals surface area contributed by atoms with Crippen molar-refractivity contribution in [2.24, 2.45) is 0 Å². The van der Waals surface area contributed by atoms with Gasteiger partial charge in [0.25, 0.3) is 16.7 Å². The van der Waals surface area contributed by atoms with Gasteiger partial charge < -0.3 is 124 Å². The lowest BCUT2D eigenvalue weighted by atomic mass is 10.0. The number of aromatic amines is 3. The molecule has 69 heteroatoms. The molecule has 722 valence electrons. The predicted octanol–water partition coefficient (Wildman–Crippen LogP) is 0.574. The molecule has 12 aromatic heterocycles. The number of imidazole rings is 5. The Morgan fingerprint density at radius 1 is 0.393 bits per heavy atom. The lowest BCUT2D eigenvalue weighted by molar-refractivity contribution is -0.183. The van der Waals surface area contributed by atoms with Gasteiger partial charge in [0.05, 0.1) is 102 Å². The largest absolute Gasteiger partial charge is 0.472 e. The number of ether oxygens (including phenoxy) is 8. The van der Waals surface area contributed by atoms with E-state index in [0.717, 1.165) is 21.8 Å². The molecule has 0 aromatic carbocycles. The number of pyridine rings is 3. The molecule has 0 radical (unpaired) electrons. The fourth-order valence-electron chi connectivity index (χ4n) is 17.5. The van der Waals surface area contributed by atoms with Crippen LogP contribution in [0.2, 0.25) is 0 Å². The van der Waals surface area contributed by atoms with Crippen molar-refractivity contribution in [1.29, 1.82) is 0 Å². The summed E-state index contributed by atoms with van der Waals surface area (Å²) < 4.78 is 195. The van der Waals surface area contributed by atoms with Crippen molar-refractivity contribution < 1.29 is 144 Å². The Morgan fingerprint density at radius 3 is 1.27 bits per heavy atom. The number of hydrogen-bond acceptors (Lipinski definition) is 46. The van der Waals surface area contributed by atoms with Crippen LogP contribution in [0.25, 0.3) is 66.9 Å². The van der Waals surface area contributed by atoms with Gasteiger partial charge in [-0.2, -0.15) is 15.0 Å². The highest BCUT2D eigenvalue weighted by Gasteiger charge is 2.68. The van der Waals surface area contributed by atoms with Gasteiger partial charge in [0.15, 0.2) is 88.3 Å². The number of phosphoric acid groups is 3. The van der Waals surface area contributed by atoms with Gasteiger partial charge in [-0.1, -0.05) is 0 Å². The summed E-state index contributed by atoms with van der Waals surface area (Å²) in [6, 6.07) is 6.59. The first-order chi connectivity index (χ1) is 64.2. The van der Waals surface area contributed by atoms with E-state index in [1.807, 2.05) is 0 Å². The third-order valence-corrected chi connectivity index (χ3v) is 31.2. The maximum absolute atomic E-state index is 15.9. The van der Waals surface area contributed by atoms with E-state index < -0.39 is 221 Å². The van der Waals surface area contributed by atoms with Crippen LogP contribution in [0.3, 0.4) is 0 Å². The number of alkyl halides is 2. The molecule has 0 aliphatic carbocycles. The Balaban J connectivity index is 0.000000121. The average molecular weight is 2060 g/mol. The number of aromatic nitrogens is 20. The summed E-state index contributed by atoms with van der Waals surface area (Å²) in [4.78, 5) is 155. The number of halogens is 2. The Bertz CT molecular complexity index is 6970. The molecule has 11 saturated heterocycles. The van der Waals surface area contributed by atoms with Gasteiger partial charge in [-0.3, -0.25) is 88.4 Å². The molecule has 0 spiro atoms. The monoisotopic (exact) mass is 2060 g/mol. The minimum atomic E-state index is -4.98. The summed E-state index contributed by atoms with van der Waals surface area (Å²) in [5, 5.41) is 0.707. The van der Waals surface area contributed by atoms with Crippen LogP contribution >= 0.6 is 43.6 Å². The molecule has 10 bridgehead atoms. The van der Waals surface area contributed by atoms with Crippen LogP contribution < -0.4 is 51.1 Å². The Kier molecular flexibility index (Phi) is 23.6. The first-order valence-electron chi connectivity index (χ1n) is 40.1. The zero-order valence-electron chi connectivity index (χ0n) is 68.2. The molecule has 0 saturated carbocycles. The fourth-order valence-corrected chi connectivity index (χ4v) is 24.8. The van der Waals surface area contributed by atoms with E-state index in [1.165, 1.54) is 45.1 Å². The van der Waals surface area contributed by atoms with E-state index in [2.05, 4.69) is 69.8 Å². The standard InChI is InChI=1S/2C22H24FN9O11P2S.C22H26N8O10P2S/c2*23-10-9-3-38-44(34,35)43-15-14-20(31-6-27-11-8(24)1-2-26-16(11)31)41-22(15,4-37-14)5-39-45(36,46)42-13(10)19(40-9)32-7-28-12-17(32)29-21(25)30-18(12)33;23-12-1-3-25-18-11(12)2-4-29(18)16-6-13-15(38-16)8-36-42(34,43)40-14-5-10(7-35-41(32,33)39-13)37-21(14)30-9-26-17-19(30)27-22(24)28-20(17)31/h2*1-2,6-7,9-10,13-15,19-20H,3-5H2,(H2,24,26)(H,34,35)(H,36,46)(H3,25,29,30,33);1-4,9-10,13-16,21H,5-8H2,(H2,23,25)(H,32,33)(H,34,43)(H3,24,27,28,31)/t2*9-,10+,13-,14-,15+,19-,20-,22-,45?;10-,13-,14+,15+,16+,21+,42?/m110/s1. The van der Waals surface area contributed by atoms with E-state index in [4.69, 9.17) is 162 Å². The number of nitrogen functional groups attached to an aromatic ring is 6. The molecule has 6 unspecified atom stereocenters. The van der Waals surface area contributed by atoms with Gasteiger partial charge in [0, 0.05) is 48.7 Å². The smallest absolute Gasteiger partial charge is 0.398 e. The lowest BCUT2D eigenvalue weighted by Gasteiger charge is -2.33. The SMILES string of the molecule is Nc1nc2c(ncn2[C@@H]2O[C@@H]3COP(=O)(O)O[C@H]4C[C@H](n5ccc6c(N)ccnc65)O[C@@H]4COP(O)(=S)O[C@@H]2C3)c(=O)[nH]1.Nc1nc2c(ncn2[C@@H]2O[C@@H]3COP(=O)(O)O[C@H]4[C@H]5OC[C@]4(COP(O)(=S)O[C@@H]2[C@H]3F)O[C@H]5n2cnc3c(N)ccnc32)c(=O)[nH]1.Nc1nc2c(ncn2[C@@H]2O[C@@H]3COP(=O)(O)O[C@H]4[C@H]5OC[C@]4(COP(O)(=S)O[C@@H]2[C@H]3F)O[C@H]5n2cnc3c(N)ccnc32)c(=O)[nH]1. The zero-order valence-corrected chi connectivity index (χ0v) is 76.0. The first kappa shape index (κ1) is 92.6. The molecule has 11 fully saturated rings. The van der Waals surface area contributed by atoms with Crippen molar-refractivity contribution in [2.75, 3.05) is 87.3 Å². The minimum Gasteiger partial charge on any atom is -0.398 e. The van der Waals surface area contributed by atoms with E-state index in [0.29, 0.717) is 50.4 Å². The molecule has 12 aromatic rings. The van der Waals surface area contributed by atoms with Crippen LogP contribution in [-0.4, -0.2) is 276 Å². The topological polar surface area (TPSA) is 783 Å². The van der Waals surface area contributed by atoms with Crippen molar-refractivity contribution in [3.8, 4) is 0 Å². The molecule has 11 aliphatic heterocycles. The number of fused-ring (bicyclic) bond motifs is 13. The highest BCUT2D eigenvalue weighted by Crippen LogP contribution is 2.63. The molecule has 11 aliphatic rings. The summed E-state index contributed by atoms with van der Waals surface area (Å²) in [5.74, 6) is -0.667. The van der Waals surface area contributed by atoms with Gasteiger partial charge in [-0.25, -0.2) is 62.3 Å². The molecule has 28 atom stereocenters. The number of H-pyrrole nitrogens is 3. The van der Waals surface area contributed by atoms with Crippen LogP contribution in [0.4, 0.5) is 43.7 Å². The van der Waals surface area contributed by atoms with Gasteiger partial charge >= 0.3 is 43.6 Å². The van der Waals surface area contributed by atoms with E-state index in [-0.39, 0.29) is 90.6 Å². The Morgan fingerprint density at radius 2 is 0.800 bits per heavy atom. The number of hydrogen-bond donors (Lipinski definition) is 15. The molecule has 23 rings (SSSR count). The molecular weight excluding hydrogens is 1990 g/mol. The zero-order chi connectivity index (χ0) is 94.4. The first-order valence-corrected chi connectivity index (χ1v) is 52.4. The van der Waals surface area contributed by atoms with Crippen molar-refractivity contribution >= 4 is 181 Å². The summed E-state index contributed by atoms with van der Waals surface area (Å²) in [6.07, 6.45) is -13.0. The van der Waals surface area contributed by atoms with Crippen molar-refractivity contribution in [2.45, 2.75) is 147 Å². The highest BCUT2D eigenvalue weighted by molar-refractivity contribution is 8.07. The van der Waals surface area contributed by atoms with E-state index in [9.17, 15) is 57.4 Å².